The smallest absolute Gasteiger partial charge is 0.256 e. The first kappa shape index (κ1) is 14.8. The number of nitrogens with zero attached hydrogens (tertiary/aromatic N) is 2. The molecule has 0 N–H and O–H groups in total. The normalized spacial score (nSPS) is 15.0. The molecule has 0 aliphatic heterocycles. The predicted molar refractivity (Wildman–Crippen MR) is 83.9 cm³/mol. The number of aliphatic imine (C=N–C) groups is 1. The van der Waals surface area contributed by atoms with Crippen molar-refractivity contribution in [1.82, 2.24) is 4.90 Å². The molecular formula is C17H24N2O. The van der Waals surface area contributed by atoms with Crippen LogP contribution in [0.4, 0.5) is 5.69 Å². The van der Waals surface area contributed by atoms with E-state index in [9.17, 15) is 4.79 Å². The lowest BCUT2D eigenvalue weighted by Gasteiger charge is -2.20. The minimum atomic E-state index is 0.0887. The average Bonchev–Trinajstić information content (AvgIpc) is 2.50. The maximum Gasteiger partial charge on any atom is 0.256 e. The number of benzene rings is 1. The molecule has 0 heterocycles. The Morgan fingerprint density at radius 1 is 1.10 bits per heavy atom. The van der Waals surface area contributed by atoms with Crippen molar-refractivity contribution >= 4 is 17.3 Å². The fourth-order valence-corrected chi connectivity index (χ4v) is 2.68. The Kier molecular flexibility index (Phi) is 5.33. The van der Waals surface area contributed by atoms with Crippen LogP contribution in [-0.2, 0) is 0 Å². The SMILES string of the molecule is CCN(CC)C(=O)c1ccccc1N=C1CCCCC1. The van der Waals surface area contributed by atoms with Crippen molar-refractivity contribution in [2.45, 2.75) is 46.0 Å². The highest BCUT2D eigenvalue weighted by Gasteiger charge is 2.16. The van der Waals surface area contributed by atoms with E-state index in [1.165, 1.54) is 25.0 Å². The van der Waals surface area contributed by atoms with Gasteiger partial charge in [0.25, 0.3) is 5.91 Å². The fraction of sp³-hybridized carbons (Fsp3) is 0.529. The number of para-hydroxylation sites is 1. The molecule has 0 radical (unpaired) electrons. The van der Waals surface area contributed by atoms with E-state index in [-0.39, 0.29) is 5.91 Å². The van der Waals surface area contributed by atoms with Gasteiger partial charge in [-0.05, 0) is 51.7 Å². The molecule has 3 nitrogen and oxygen atoms in total. The van der Waals surface area contributed by atoms with Crippen LogP contribution in [-0.4, -0.2) is 29.6 Å². The van der Waals surface area contributed by atoms with Gasteiger partial charge < -0.3 is 4.90 Å². The van der Waals surface area contributed by atoms with Gasteiger partial charge in [0.15, 0.2) is 0 Å². The summed E-state index contributed by atoms with van der Waals surface area (Å²) in [6.07, 6.45) is 5.91. The second kappa shape index (κ2) is 7.22. The standard InChI is InChI=1S/C17H24N2O/c1-3-19(4-2)17(20)15-12-8-9-13-16(15)18-14-10-6-5-7-11-14/h8-9,12-13H,3-7,10-11H2,1-2H3. The zero-order chi connectivity index (χ0) is 14.4. The molecule has 1 saturated carbocycles. The molecule has 20 heavy (non-hydrogen) atoms. The van der Waals surface area contributed by atoms with E-state index >= 15 is 0 Å². The number of carbonyl (C=O) groups is 1. The Bertz CT molecular complexity index is 482. The summed E-state index contributed by atoms with van der Waals surface area (Å²) >= 11 is 0. The topological polar surface area (TPSA) is 32.7 Å². The third kappa shape index (κ3) is 3.47. The van der Waals surface area contributed by atoms with Crippen LogP contribution in [0, 0.1) is 0 Å². The quantitative estimate of drug-likeness (QED) is 0.808. The van der Waals surface area contributed by atoms with Crippen LogP contribution in [0.15, 0.2) is 29.3 Å². The highest BCUT2D eigenvalue weighted by molar-refractivity contribution is 6.00. The first-order chi connectivity index (χ1) is 9.76. The van der Waals surface area contributed by atoms with Crippen LogP contribution in [0.25, 0.3) is 0 Å². The minimum Gasteiger partial charge on any atom is -0.339 e. The molecule has 0 saturated heterocycles. The summed E-state index contributed by atoms with van der Waals surface area (Å²) in [6, 6.07) is 7.73. The summed E-state index contributed by atoms with van der Waals surface area (Å²) in [7, 11) is 0. The van der Waals surface area contributed by atoms with Crippen LogP contribution < -0.4 is 0 Å². The van der Waals surface area contributed by atoms with Gasteiger partial charge in [-0.2, -0.15) is 0 Å². The van der Waals surface area contributed by atoms with Crippen LogP contribution in [0.1, 0.15) is 56.3 Å². The molecule has 108 valence electrons. The molecule has 1 aromatic carbocycles. The molecule has 2 rings (SSSR count). The molecule has 0 bridgehead atoms. The second-order valence-electron chi connectivity index (χ2n) is 5.23. The van der Waals surface area contributed by atoms with E-state index < -0.39 is 0 Å². The molecule has 1 aliphatic carbocycles. The van der Waals surface area contributed by atoms with Gasteiger partial charge in [0.05, 0.1) is 11.3 Å². The first-order valence-electron chi connectivity index (χ1n) is 7.71. The Balaban J connectivity index is 2.28. The first-order valence-corrected chi connectivity index (χ1v) is 7.71. The molecule has 1 fully saturated rings. The van der Waals surface area contributed by atoms with Crippen molar-refractivity contribution in [3.63, 3.8) is 0 Å². The fourth-order valence-electron chi connectivity index (χ4n) is 2.68. The summed E-state index contributed by atoms with van der Waals surface area (Å²) in [6.45, 7) is 5.49. The Morgan fingerprint density at radius 3 is 2.40 bits per heavy atom. The van der Waals surface area contributed by atoms with Crippen LogP contribution in [0.5, 0.6) is 0 Å². The third-order valence-corrected chi connectivity index (χ3v) is 3.89. The van der Waals surface area contributed by atoms with Crippen molar-refractivity contribution in [1.29, 1.82) is 0 Å². The maximum absolute atomic E-state index is 12.5. The predicted octanol–water partition coefficient (Wildman–Crippen LogP) is 4.21. The zero-order valence-corrected chi connectivity index (χ0v) is 12.6. The monoisotopic (exact) mass is 272 g/mol. The highest BCUT2D eigenvalue weighted by Crippen LogP contribution is 2.24. The number of hydrogen-bond acceptors (Lipinski definition) is 2. The molecule has 0 aromatic heterocycles. The number of amides is 1. The summed E-state index contributed by atoms with van der Waals surface area (Å²) in [5, 5.41) is 0. The van der Waals surface area contributed by atoms with Gasteiger partial charge in [-0.1, -0.05) is 18.6 Å². The van der Waals surface area contributed by atoms with Gasteiger partial charge in [0.1, 0.15) is 0 Å². The lowest BCUT2D eigenvalue weighted by atomic mass is 9.98. The Labute approximate surface area is 121 Å². The molecular weight excluding hydrogens is 248 g/mol. The molecule has 0 spiro atoms. The van der Waals surface area contributed by atoms with Crippen LogP contribution in [0.2, 0.25) is 0 Å². The van der Waals surface area contributed by atoms with E-state index in [2.05, 4.69) is 0 Å². The van der Waals surface area contributed by atoms with Crippen molar-refractivity contribution in [2.24, 2.45) is 4.99 Å². The van der Waals surface area contributed by atoms with Crippen molar-refractivity contribution in [3.8, 4) is 0 Å². The summed E-state index contributed by atoms with van der Waals surface area (Å²) < 4.78 is 0. The van der Waals surface area contributed by atoms with E-state index in [1.54, 1.807) is 0 Å². The summed E-state index contributed by atoms with van der Waals surface area (Å²) in [5.74, 6) is 0.0887. The lowest BCUT2D eigenvalue weighted by Crippen LogP contribution is -2.30. The van der Waals surface area contributed by atoms with Gasteiger partial charge in [-0.3, -0.25) is 9.79 Å². The van der Waals surface area contributed by atoms with Gasteiger partial charge >= 0.3 is 0 Å². The van der Waals surface area contributed by atoms with E-state index in [0.717, 1.165) is 37.2 Å². The van der Waals surface area contributed by atoms with Crippen molar-refractivity contribution in [2.75, 3.05) is 13.1 Å². The molecule has 3 heteroatoms. The Hall–Kier alpha value is -1.64. The summed E-state index contributed by atoms with van der Waals surface area (Å²) in [5.41, 5.74) is 2.81. The minimum absolute atomic E-state index is 0.0887. The average molecular weight is 272 g/mol. The van der Waals surface area contributed by atoms with E-state index in [0.29, 0.717) is 0 Å². The molecule has 1 aromatic rings. The maximum atomic E-state index is 12.5. The largest absolute Gasteiger partial charge is 0.339 e. The van der Waals surface area contributed by atoms with Gasteiger partial charge in [-0.15, -0.1) is 0 Å². The lowest BCUT2D eigenvalue weighted by molar-refractivity contribution is 0.0774. The zero-order valence-electron chi connectivity index (χ0n) is 12.6. The molecule has 0 atom stereocenters. The second-order valence-corrected chi connectivity index (χ2v) is 5.23. The van der Waals surface area contributed by atoms with Gasteiger partial charge in [0, 0.05) is 18.8 Å². The third-order valence-electron chi connectivity index (χ3n) is 3.89. The molecule has 1 amide bonds. The van der Waals surface area contributed by atoms with Gasteiger partial charge in [-0.25, -0.2) is 0 Å². The van der Waals surface area contributed by atoms with Gasteiger partial charge in [0.2, 0.25) is 0 Å². The highest BCUT2D eigenvalue weighted by atomic mass is 16.2. The number of carbonyl (C=O) groups excluding carboxylic acids is 1. The number of hydrogen-bond donors (Lipinski definition) is 0. The van der Waals surface area contributed by atoms with Crippen LogP contribution >= 0.6 is 0 Å². The van der Waals surface area contributed by atoms with E-state index in [1.807, 2.05) is 43.0 Å². The molecule has 1 aliphatic rings. The summed E-state index contributed by atoms with van der Waals surface area (Å²) in [4.78, 5) is 19.1. The Morgan fingerprint density at radius 2 is 1.75 bits per heavy atom. The van der Waals surface area contributed by atoms with Crippen molar-refractivity contribution < 1.29 is 4.79 Å². The van der Waals surface area contributed by atoms with Crippen molar-refractivity contribution in [3.05, 3.63) is 29.8 Å². The number of rotatable bonds is 4. The molecule has 0 unspecified atom stereocenters. The van der Waals surface area contributed by atoms with Crippen LogP contribution in [0.3, 0.4) is 0 Å². The van der Waals surface area contributed by atoms with E-state index in [4.69, 9.17) is 4.99 Å².